The van der Waals surface area contributed by atoms with E-state index >= 15 is 0 Å². The van der Waals surface area contributed by atoms with Crippen LogP contribution in [0.5, 0.6) is 0 Å². The number of carboxylic acid groups (broad SMARTS) is 1. The summed E-state index contributed by atoms with van der Waals surface area (Å²) in [5.74, 6) is -0.982. The summed E-state index contributed by atoms with van der Waals surface area (Å²) >= 11 is 0. The fraction of sp³-hybridized carbons (Fsp3) is 0.917. The van der Waals surface area contributed by atoms with Crippen molar-refractivity contribution in [1.82, 2.24) is 0 Å². The zero-order valence-corrected chi connectivity index (χ0v) is 11.2. The van der Waals surface area contributed by atoms with E-state index < -0.39 is 36.1 Å². The smallest absolute Gasteiger partial charge is 0.305 e. The summed E-state index contributed by atoms with van der Waals surface area (Å²) in [5, 5.41) is 37.5. The molecule has 0 fully saturated rings. The third-order valence-corrected chi connectivity index (χ3v) is 2.88. The first-order valence-electron chi connectivity index (χ1n) is 5.89. The van der Waals surface area contributed by atoms with E-state index in [0.717, 1.165) is 0 Å². The van der Waals surface area contributed by atoms with Gasteiger partial charge in [0.25, 0.3) is 0 Å². The van der Waals surface area contributed by atoms with Gasteiger partial charge in [-0.1, -0.05) is 20.8 Å². The van der Waals surface area contributed by atoms with Crippen molar-refractivity contribution in [1.29, 1.82) is 0 Å². The number of aliphatic hydroxyl groups is 3. The topological polar surface area (TPSA) is 107 Å². The number of hydrogen-bond acceptors (Lipinski definition) is 5. The molecule has 0 aromatic carbocycles. The van der Waals surface area contributed by atoms with E-state index in [2.05, 4.69) is 0 Å². The van der Waals surface area contributed by atoms with Crippen LogP contribution in [0.4, 0.5) is 0 Å². The van der Waals surface area contributed by atoms with E-state index in [9.17, 15) is 20.1 Å². The molecule has 0 spiro atoms. The monoisotopic (exact) mass is 264 g/mol. The lowest BCUT2D eigenvalue weighted by Gasteiger charge is -2.41. The predicted octanol–water partition coefficient (Wildman–Crippen LogP) is -0.144. The fourth-order valence-electron chi connectivity index (χ4n) is 1.75. The molecule has 0 aliphatic rings. The number of carboxylic acids is 1. The summed E-state index contributed by atoms with van der Waals surface area (Å²) in [5.41, 5.74) is -1.71. The summed E-state index contributed by atoms with van der Waals surface area (Å²) in [7, 11) is 0. The van der Waals surface area contributed by atoms with Crippen molar-refractivity contribution in [3.63, 3.8) is 0 Å². The highest BCUT2D eigenvalue weighted by atomic mass is 16.5. The number of carbonyl (C=O) groups is 1. The van der Waals surface area contributed by atoms with Crippen molar-refractivity contribution in [2.24, 2.45) is 10.8 Å². The van der Waals surface area contributed by atoms with E-state index in [4.69, 9.17) is 9.84 Å². The lowest BCUT2D eigenvalue weighted by atomic mass is 9.72. The summed E-state index contributed by atoms with van der Waals surface area (Å²) in [6, 6.07) is 0. The number of hydrogen-bond donors (Lipinski definition) is 4. The molecule has 0 saturated heterocycles. The zero-order valence-electron chi connectivity index (χ0n) is 11.2. The minimum atomic E-state index is -1.18. The second-order valence-corrected chi connectivity index (χ2v) is 5.64. The Morgan fingerprint density at radius 3 is 2.06 bits per heavy atom. The predicted molar refractivity (Wildman–Crippen MR) is 65.1 cm³/mol. The maximum Gasteiger partial charge on any atom is 0.305 e. The van der Waals surface area contributed by atoms with Gasteiger partial charge in [0.15, 0.2) is 0 Å². The Morgan fingerprint density at radius 1 is 1.22 bits per heavy atom. The van der Waals surface area contributed by atoms with Gasteiger partial charge in [-0.3, -0.25) is 4.79 Å². The number of aliphatic hydroxyl groups excluding tert-OH is 3. The zero-order chi connectivity index (χ0) is 14.4. The quantitative estimate of drug-likeness (QED) is 0.454. The van der Waals surface area contributed by atoms with Crippen LogP contribution in [0.25, 0.3) is 0 Å². The first-order valence-corrected chi connectivity index (χ1v) is 5.89. The van der Waals surface area contributed by atoms with Gasteiger partial charge in [-0.25, -0.2) is 0 Å². The first kappa shape index (κ1) is 17.3. The second-order valence-electron chi connectivity index (χ2n) is 5.64. The third kappa shape index (κ3) is 4.89. The van der Waals surface area contributed by atoms with Crippen LogP contribution in [-0.4, -0.2) is 58.9 Å². The Bertz CT molecular complexity index is 254. The largest absolute Gasteiger partial charge is 0.481 e. The Labute approximate surface area is 107 Å². The van der Waals surface area contributed by atoms with E-state index in [0.29, 0.717) is 0 Å². The van der Waals surface area contributed by atoms with Crippen LogP contribution in [-0.2, 0) is 9.53 Å². The first-order chi connectivity index (χ1) is 8.19. The Balaban J connectivity index is 4.57. The summed E-state index contributed by atoms with van der Waals surface area (Å²) in [6.07, 6.45) is -1.12. The molecule has 0 aliphatic heterocycles. The molecule has 0 bridgehead atoms. The molecule has 0 aromatic heterocycles. The highest BCUT2D eigenvalue weighted by Crippen LogP contribution is 2.34. The van der Waals surface area contributed by atoms with Gasteiger partial charge in [-0.05, 0) is 5.41 Å². The molecule has 1 unspecified atom stereocenters. The number of ether oxygens (including phenoxy) is 1. The Hall–Kier alpha value is -0.690. The van der Waals surface area contributed by atoms with Crippen LogP contribution in [0.15, 0.2) is 0 Å². The van der Waals surface area contributed by atoms with Crippen LogP contribution in [0.1, 0.15) is 27.2 Å². The van der Waals surface area contributed by atoms with E-state index in [1.54, 1.807) is 20.8 Å². The SMILES string of the molecule is CC(C)(C)C(O)C(CO)(CO)COCCC(=O)O. The molecule has 0 radical (unpaired) electrons. The molecule has 0 aromatic rings. The van der Waals surface area contributed by atoms with Crippen LogP contribution >= 0.6 is 0 Å². The standard InChI is InChI=1S/C12H24O6/c1-11(2,3)10(17)12(6-13,7-14)8-18-5-4-9(15)16/h10,13-14,17H,4-8H2,1-3H3,(H,15,16). The van der Waals surface area contributed by atoms with Crippen molar-refractivity contribution < 1.29 is 30.0 Å². The minimum absolute atomic E-state index is 0.0199. The van der Waals surface area contributed by atoms with E-state index in [-0.39, 0.29) is 19.6 Å². The molecule has 0 amide bonds. The van der Waals surface area contributed by atoms with Crippen molar-refractivity contribution >= 4 is 5.97 Å². The van der Waals surface area contributed by atoms with Crippen LogP contribution in [0.2, 0.25) is 0 Å². The lowest BCUT2D eigenvalue weighted by Crippen LogP contribution is -2.51. The van der Waals surface area contributed by atoms with Crippen molar-refractivity contribution in [2.75, 3.05) is 26.4 Å². The second kappa shape index (κ2) is 7.04. The highest BCUT2D eigenvalue weighted by Gasteiger charge is 2.43. The molecule has 108 valence electrons. The summed E-state index contributed by atoms with van der Waals surface area (Å²) in [6.45, 7) is 4.38. The number of rotatable bonds is 8. The average molecular weight is 264 g/mol. The van der Waals surface area contributed by atoms with Crippen molar-refractivity contribution in [3.05, 3.63) is 0 Å². The van der Waals surface area contributed by atoms with E-state index in [1.807, 2.05) is 0 Å². The van der Waals surface area contributed by atoms with E-state index in [1.165, 1.54) is 0 Å². The summed E-state index contributed by atoms with van der Waals surface area (Å²) < 4.78 is 5.15. The van der Waals surface area contributed by atoms with Crippen molar-refractivity contribution in [2.45, 2.75) is 33.3 Å². The molecule has 0 aliphatic carbocycles. The molecular formula is C12H24O6. The van der Waals surface area contributed by atoms with Gasteiger partial charge in [-0.2, -0.15) is 0 Å². The van der Waals surface area contributed by atoms with Gasteiger partial charge in [0, 0.05) is 0 Å². The summed E-state index contributed by atoms with van der Waals surface area (Å²) in [4.78, 5) is 10.3. The van der Waals surface area contributed by atoms with Crippen LogP contribution < -0.4 is 0 Å². The van der Waals surface area contributed by atoms with Gasteiger partial charge >= 0.3 is 5.97 Å². The van der Waals surface area contributed by atoms with Gasteiger partial charge < -0.3 is 25.2 Å². The third-order valence-electron chi connectivity index (χ3n) is 2.88. The Morgan fingerprint density at radius 2 is 1.72 bits per heavy atom. The van der Waals surface area contributed by atoms with Gasteiger partial charge in [0.1, 0.15) is 0 Å². The van der Waals surface area contributed by atoms with Gasteiger partial charge in [0.2, 0.25) is 0 Å². The minimum Gasteiger partial charge on any atom is -0.481 e. The van der Waals surface area contributed by atoms with Gasteiger partial charge in [0.05, 0.1) is 44.4 Å². The molecule has 18 heavy (non-hydrogen) atoms. The Kier molecular flexibility index (Phi) is 6.77. The van der Waals surface area contributed by atoms with Gasteiger partial charge in [-0.15, -0.1) is 0 Å². The molecule has 0 heterocycles. The van der Waals surface area contributed by atoms with Crippen LogP contribution in [0.3, 0.4) is 0 Å². The molecule has 1 atom stereocenters. The normalized spacial score (nSPS) is 14.6. The number of aliphatic carboxylic acids is 1. The molecule has 6 nitrogen and oxygen atoms in total. The maximum atomic E-state index is 10.3. The molecule has 0 rings (SSSR count). The highest BCUT2D eigenvalue weighted by molar-refractivity contribution is 5.66. The van der Waals surface area contributed by atoms with Crippen LogP contribution in [0, 0.1) is 10.8 Å². The molecule has 6 heteroatoms. The lowest BCUT2D eigenvalue weighted by molar-refractivity contribution is -0.144. The van der Waals surface area contributed by atoms with Crippen molar-refractivity contribution in [3.8, 4) is 0 Å². The average Bonchev–Trinajstić information content (AvgIpc) is 2.28. The molecule has 4 N–H and O–H groups in total. The fourth-order valence-corrected chi connectivity index (χ4v) is 1.75. The maximum absolute atomic E-state index is 10.3. The molecule has 0 saturated carbocycles. The molecular weight excluding hydrogens is 240 g/mol.